The second-order valence-corrected chi connectivity index (χ2v) is 4.96. The first-order valence-corrected chi connectivity index (χ1v) is 6.83. The number of aliphatic carboxylic acids is 1. The van der Waals surface area contributed by atoms with Crippen LogP contribution < -0.4 is 10.1 Å². The van der Waals surface area contributed by atoms with Crippen molar-refractivity contribution in [2.45, 2.75) is 25.8 Å². The van der Waals surface area contributed by atoms with Crippen LogP contribution in [0.1, 0.15) is 19.8 Å². The maximum atomic E-state index is 10.9. The minimum Gasteiger partial charge on any atom is -0.492 e. The Labute approximate surface area is 122 Å². The number of hydrogen-bond acceptors (Lipinski definition) is 3. The Bertz CT molecular complexity index is 406. The fourth-order valence-electron chi connectivity index (χ4n) is 1.62. The Morgan fingerprint density at radius 3 is 2.53 bits per heavy atom. The third-order valence-electron chi connectivity index (χ3n) is 2.47. The molecule has 1 aromatic carbocycles. The molecule has 0 heterocycles. The molecule has 0 aliphatic heterocycles. The zero-order valence-corrected chi connectivity index (χ0v) is 12.2. The smallest absolute Gasteiger partial charge is 0.320 e. The van der Waals surface area contributed by atoms with Crippen LogP contribution >= 0.6 is 23.2 Å². The van der Waals surface area contributed by atoms with Gasteiger partial charge in [-0.25, -0.2) is 0 Å². The van der Waals surface area contributed by atoms with Crippen molar-refractivity contribution in [2.24, 2.45) is 0 Å². The molecule has 6 heteroatoms. The Kier molecular flexibility index (Phi) is 6.99. The van der Waals surface area contributed by atoms with E-state index in [-0.39, 0.29) is 0 Å². The normalized spacial score (nSPS) is 12.2. The van der Waals surface area contributed by atoms with E-state index in [4.69, 9.17) is 33.0 Å². The van der Waals surface area contributed by atoms with E-state index in [1.165, 1.54) is 0 Å². The first kappa shape index (κ1) is 16.1. The highest BCUT2D eigenvalue weighted by Gasteiger charge is 2.14. The molecule has 106 valence electrons. The van der Waals surface area contributed by atoms with Crippen LogP contribution in [-0.4, -0.2) is 30.3 Å². The van der Waals surface area contributed by atoms with Gasteiger partial charge in [-0.05, 0) is 24.6 Å². The minimum atomic E-state index is -0.840. The molecule has 0 saturated carbocycles. The largest absolute Gasteiger partial charge is 0.492 e. The van der Waals surface area contributed by atoms with E-state index in [0.29, 0.717) is 35.4 Å². The summed E-state index contributed by atoms with van der Waals surface area (Å²) in [6.07, 6.45) is 1.41. The van der Waals surface area contributed by atoms with Crippen molar-refractivity contribution < 1.29 is 14.6 Å². The van der Waals surface area contributed by atoms with Gasteiger partial charge in [0.15, 0.2) is 0 Å². The number of halogens is 2. The first-order valence-electron chi connectivity index (χ1n) is 6.08. The number of ether oxygens (including phenoxy) is 1. The fraction of sp³-hybridized carbons (Fsp3) is 0.462. The zero-order valence-electron chi connectivity index (χ0n) is 10.7. The van der Waals surface area contributed by atoms with Crippen LogP contribution in [0.2, 0.25) is 10.0 Å². The molecule has 0 aliphatic rings. The molecule has 0 radical (unpaired) electrons. The van der Waals surface area contributed by atoms with E-state index < -0.39 is 12.0 Å². The number of benzene rings is 1. The Morgan fingerprint density at radius 2 is 2.00 bits per heavy atom. The molecule has 0 saturated heterocycles. The third kappa shape index (κ3) is 6.14. The highest BCUT2D eigenvalue weighted by Crippen LogP contribution is 2.23. The molecule has 1 rings (SSSR count). The van der Waals surface area contributed by atoms with Gasteiger partial charge in [-0.2, -0.15) is 0 Å². The van der Waals surface area contributed by atoms with Gasteiger partial charge in [0.2, 0.25) is 0 Å². The molecule has 4 nitrogen and oxygen atoms in total. The van der Waals surface area contributed by atoms with Crippen molar-refractivity contribution in [3.05, 3.63) is 28.2 Å². The molecule has 1 aromatic rings. The van der Waals surface area contributed by atoms with Gasteiger partial charge in [0.05, 0.1) is 0 Å². The first-order chi connectivity index (χ1) is 9.02. The van der Waals surface area contributed by atoms with Gasteiger partial charge < -0.3 is 15.2 Å². The highest BCUT2D eigenvalue weighted by atomic mass is 35.5. The van der Waals surface area contributed by atoms with E-state index in [1.54, 1.807) is 18.2 Å². The maximum absolute atomic E-state index is 10.9. The molecule has 0 aliphatic carbocycles. The Balaban J connectivity index is 2.35. The SMILES string of the molecule is CCCC(NCCOc1cc(Cl)cc(Cl)c1)C(=O)O. The minimum absolute atomic E-state index is 0.351. The molecule has 0 spiro atoms. The van der Waals surface area contributed by atoms with Crippen LogP contribution in [0.4, 0.5) is 0 Å². The maximum Gasteiger partial charge on any atom is 0.320 e. The molecule has 0 aromatic heterocycles. The Hall–Kier alpha value is -0.970. The highest BCUT2D eigenvalue weighted by molar-refractivity contribution is 6.34. The van der Waals surface area contributed by atoms with Crippen LogP contribution in [0.5, 0.6) is 5.75 Å². The molecule has 19 heavy (non-hydrogen) atoms. The summed E-state index contributed by atoms with van der Waals surface area (Å²) in [5.41, 5.74) is 0. The van der Waals surface area contributed by atoms with Gasteiger partial charge in [-0.1, -0.05) is 36.5 Å². The standard InChI is InChI=1S/C13H17Cl2NO3/c1-2-3-12(13(17)18)16-4-5-19-11-7-9(14)6-10(15)8-11/h6-8,12,16H,2-5H2,1H3,(H,17,18). The van der Waals surface area contributed by atoms with Gasteiger partial charge in [0.25, 0.3) is 0 Å². The predicted octanol–water partition coefficient (Wildman–Crippen LogP) is 3.22. The van der Waals surface area contributed by atoms with E-state index in [0.717, 1.165) is 6.42 Å². The van der Waals surface area contributed by atoms with Crippen molar-refractivity contribution >= 4 is 29.2 Å². The zero-order chi connectivity index (χ0) is 14.3. The average molecular weight is 306 g/mol. The van der Waals surface area contributed by atoms with E-state index in [9.17, 15) is 4.79 Å². The van der Waals surface area contributed by atoms with Gasteiger partial charge in [-0.3, -0.25) is 4.79 Å². The Morgan fingerprint density at radius 1 is 1.37 bits per heavy atom. The topological polar surface area (TPSA) is 58.6 Å². The van der Waals surface area contributed by atoms with Crippen LogP contribution in [0.15, 0.2) is 18.2 Å². The average Bonchev–Trinajstić information content (AvgIpc) is 2.31. The number of hydrogen-bond donors (Lipinski definition) is 2. The molecule has 0 fully saturated rings. The summed E-state index contributed by atoms with van der Waals surface area (Å²) >= 11 is 11.7. The van der Waals surface area contributed by atoms with Crippen molar-refractivity contribution in [1.29, 1.82) is 0 Å². The number of carboxylic acid groups (broad SMARTS) is 1. The van der Waals surface area contributed by atoms with Gasteiger partial charge in [0.1, 0.15) is 18.4 Å². The third-order valence-corrected chi connectivity index (χ3v) is 2.91. The lowest BCUT2D eigenvalue weighted by molar-refractivity contribution is -0.139. The number of carbonyl (C=O) groups is 1. The summed E-state index contributed by atoms with van der Waals surface area (Å²) in [5.74, 6) is -0.269. The van der Waals surface area contributed by atoms with E-state index in [1.807, 2.05) is 6.92 Å². The van der Waals surface area contributed by atoms with Crippen molar-refractivity contribution in [3.63, 3.8) is 0 Å². The molecule has 1 atom stereocenters. The van der Waals surface area contributed by atoms with Crippen LogP contribution in [0.3, 0.4) is 0 Å². The second kappa shape index (κ2) is 8.25. The molecule has 0 amide bonds. The van der Waals surface area contributed by atoms with Crippen molar-refractivity contribution in [3.8, 4) is 5.75 Å². The molecular weight excluding hydrogens is 289 g/mol. The molecule has 0 bridgehead atoms. The van der Waals surface area contributed by atoms with Crippen LogP contribution in [-0.2, 0) is 4.79 Å². The van der Waals surface area contributed by atoms with E-state index >= 15 is 0 Å². The lowest BCUT2D eigenvalue weighted by Crippen LogP contribution is -2.38. The molecule has 2 N–H and O–H groups in total. The van der Waals surface area contributed by atoms with Gasteiger partial charge >= 0.3 is 5.97 Å². The van der Waals surface area contributed by atoms with Crippen LogP contribution in [0.25, 0.3) is 0 Å². The molecular formula is C13H17Cl2NO3. The summed E-state index contributed by atoms with van der Waals surface area (Å²) in [6.45, 7) is 2.74. The van der Waals surface area contributed by atoms with Gasteiger partial charge in [0, 0.05) is 16.6 Å². The van der Waals surface area contributed by atoms with Crippen molar-refractivity contribution in [2.75, 3.05) is 13.2 Å². The number of rotatable bonds is 8. The lowest BCUT2D eigenvalue weighted by atomic mass is 10.2. The van der Waals surface area contributed by atoms with Crippen molar-refractivity contribution in [1.82, 2.24) is 5.32 Å². The summed E-state index contributed by atoms with van der Waals surface area (Å²) in [6, 6.07) is 4.41. The number of carboxylic acids is 1. The van der Waals surface area contributed by atoms with Crippen LogP contribution in [0, 0.1) is 0 Å². The second-order valence-electron chi connectivity index (χ2n) is 4.09. The summed E-state index contributed by atoms with van der Waals surface area (Å²) in [7, 11) is 0. The molecule has 1 unspecified atom stereocenters. The van der Waals surface area contributed by atoms with E-state index in [2.05, 4.69) is 5.32 Å². The lowest BCUT2D eigenvalue weighted by Gasteiger charge is -2.14. The fourth-order valence-corrected chi connectivity index (χ4v) is 2.12. The number of nitrogens with one attached hydrogen (secondary N) is 1. The summed E-state index contributed by atoms with van der Waals surface area (Å²) < 4.78 is 5.45. The van der Waals surface area contributed by atoms with Gasteiger partial charge in [-0.15, -0.1) is 0 Å². The predicted molar refractivity (Wildman–Crippen MR) is 76.3 cm³/mol. The summed E-state index contributed by atoms with van der Waals surface area (Å²) in [4.78, 5) is 10.9. The monoisotopic (exact) mass is 305 g/mol. The summed E-state index contributed by atoms with van der Waals surface area (Å²) in [5, 5.41) is 12.9. The quantitative estimate of drug-likeness (QED) is 0.724.